The first-order chi connectivity index (χ1) is 27.2. The van der Waals surface area contributed by atoms with Crippen molar-refractivity contribution in [2.45, 2.75) is 31.5 Å². The number of anilines is 3. The molecule has 6 aromatic carbocycles. The molecule has 55 heavy (non-hydrogen) atoms. The van der Waals surface area contributed by atoms with E-state index in [1.165, 1.54) is 33.4 Å². The van der Waals surface area contributed by atoms with Crippen molar-refractivity contribution in [2.75, 3.05) is 4.90 Å². The van der Waals surface area contributed by atoms with Crippen LogP contribution in [0.2, 0.25) is 0 Å². The quantitative estimate of drug-likeness (QED) is 0.166. The number of nitrogens with zero attached hydrogens (tertiary/aromatic N) is 1. The second kappa shape index (κ2) is 9.96. The Morgan fingerprint density at radius 1 is 0.364 bits per heavy atom. The van der Waals surface area contributed by atoms with E-state index in [1.54, 1.807) is 0 Å². The van der Waals surface area contributed by atoms with Crippen LogP contribution >= 0.6 is 35.3 Å². The Labute approximate surface area is 326 Å². The maximum atomic E-state index is 6.92. The summed E-state index contributed by atoms with van der Waals surface area (Å²) in [6.45, 7) is 0. The van der Waals surface area contributed by atoms with Gasteiger partial charge in [0.05, 0.1) is 49.0 Å². The zero-order valence-electron chi connectivity index (χ0n) is 29.0. The van der Waals surface area contributed by atoms with Gasteiger partial charge in [-0.3, -0.25) is 0 Å². The lowest BCUT2D eigenvalue weighted by atomic mass is 9.93. The Morgan fingerprint density at radius 3 is 1.04 bits per heavy atom. The topological polar surface area (TPSA) is 42.7 Å². The van der Waals surface area contributed by atoms with Crippen LogP contribution in [0.25, 0.3) is 65.8 Å². The van der Waals surface area contributed by atoms with Gasteiger partial charge in [-0.05, 0) is 53.1 Å². The molecule has 9 aromatic rings. The van der Waals surface area contributed by atoms with Gasteiger partial charge in [-0.25, -0.2) is 0 Å². The molecule has 15 rings (SSSR count). The van der Waals surface area contributed by atoms with Crippen molar-refractivity contribution >= 4 is 118 Å². The molecule has 260 valence electrons. The molecule has 4 nitrogen and oxygen atoms in total. The number of fused-ring (bicyclic) bond motifs is 27. The molecule has 0 N–H and O–H groups in total. The Kier molecular flexibility index (Phi) is 5.27. The van der Waals surface area contributed by atoms with Crippen LogP contribution in [0.4, 0.5) is 17.1 Å². The van der Waals surface area contributed by atoms with Crippen molar-refractivity contribution < 1.29 is 13.3 Å². The van der Waals surface area contributed by atoms with Crippen LogP contribution in [0.1, 0.15) is 64.9 Å². The molecule has 6 aliphatic rings. The van der Waals surface area contributed by atoms with Crippen LogP contribution in [0.15, 0.2) is 141 Å². The molecule has 6 aliphatic heterocycles. The molecule has 0 aliphatic carbocycles. The molecule has 0 amide bonds. The third kappa shape index (κ3) is 3.50. The standard InChI is InChI=1S/C48H27NO3S3/c1-4-28(40-25-13-10-22-34-16-19-37(53-34)43(22)46(25)50-31(40)7-1)49(29-5-2-8-32-41(29)26-14-11-23-35-17-20-38(54-35)44(23)47(26)51-32)30-6-3-9-33-42(30)27-15-12-24-36-18-21-39(55-36)45(24)48(27)52-33/h1-21,34-39H. The molecule has 3 aromatic heterocycles. The summed E-state index contributed by atoms with van der Waals surface area (Å²) in [6.07, 6.45) is 14.1. The van der Waals surface area contributed by atoms with Crippen LogP contribution in [-0.2, 0) is 0 Å². The van der Waals surface area contributed by atoms with Crippen LogP contribution in [0.5, 0.6) is 0 Å². The molecule has 6 unspecified atom stereocenters. The third-order valence-electron chi connectivity index (χ3n) is 12.9. The lowest BCUT2D eigenvalue weighted by molar-refractivity contribution is 0.663. The third-order valence-corrected chi connectivity index (χ3v) is 17.1. The van der Waals surface area contributed by atoms with Gasteiger partial charge >= 0.3 is 0 Å². The summed E-state index contributed by atoms with van der Waals surface area (Å²) < 4.78 is 20.8. The minimum Gasteiger partial charge on any atom is -0.456 e. The number of hydrogen-bond acceptors (Lipinski definition) is 7. The van der Waals surface area contributed by atoms with Gasteiger partial charge in [0.15, 0.2) is 0 Å². The van der Waals surface area contributed by atoms with E-state index in [2.05, 4.69) is 132 Å². The normalized spacial score (nSPS) is 24.7. The predicted octanol–water partition coefficient (Wildman–Crippen LogP) is 15.1. The minimum atomic E-state index is 0.330. The Hall–Kier alpha value is -5.21. The fourth-order valence-corrected chi connectivity index (χ4v) is 14.9. The first-order valence-electron chi connectivity index (χ1n) is 19.0. The monoisotopic (exact) mass is 761 g/mol. The van der Waals surface area contributed by atoms with Crippen LogP contribution < -0.4 is 4.90 Å². The predicted molar refractivity (Wildman–Crippen MR) is 230 cm³/mol. The zero-order chi connectivity index (χ0) is 35.3. The van der Waals surface area contributed by atoms with Gasteiger partial charge in [0.1, 0.15) is 33.5 Å². The first-order valence-corrected chi connectivity index (χ1v) is 21.8. The maximum Gasteiger partial charge on any atom is 0.140 e. The number of furan rings is 3. The van der Waals surface area contributed by atoms with Gasteiger partial charge in [0.2, 0.25) is 0 Å². The summed E-state index contributed by atoms with van der Waals surface area (Å²) >= 11 is 6.02. The van der Waals surface area contributed by atoms with Gasteiger partial charge in [0.25, 0.3) is 0 Å². The summed E-state index contributed by atoms with van der Waals surface area (Å²) in [5, 5.41) is 9.01. The van der Waals surface area contributed by atoms with E-state index in [0.29, 0.717) is 31.5 Å². The largest absolute Gasteiger partial charge is 0.456 e. The van der Waals surface area contributed by atoms with E-state index >= 15 is 0 Å². The Bertz CT molecular complexity index is 3020. The average molecular weight is 762 g/mol. The highest BCUT2D eigenvalue weighted by atomic mass is 32.2. The molecule has 6 bridgehead atoms. The summed E-state index contributed by atoms with van der Waals surface area (Å²) in [5.74, 6) is 0. The van der Waals surface area contributed by atoms with Crippen molar-refractivity contribution in [1.82, 2.24) is 0 Å². The van der Waals surface area contributed by atoms with Gasteiger partial charge in [-0.1, -0.05) is 91.1 Å². The minimum absolute atomic E-state index is 0.330. The number of thioether (sulfide) groups is 3. The van der Waals surface area contributed by atoms with Gasteiger partial charge in [0, 0.05) is 48.6 Å². The molecule has 7 heteroatoms. The van der Waals surface area contributed by atoms with E-state index in [-0.39, 0.29) is 0 Å². The molecular formula is C48H27NO3S3. The highest BCUT2D eigenvalue weighted by Crippen LogP contribution is 2.63. The average Bonchev–Trinajstić information content (AvgIpc) is 4.07. The molecular weight excluding hydrogens is 735 g/mol. The highest BCUT2D eigenvalue weighted by Gasteiger charge is 2.40. The van der Waals surface area contributed by atoms with Gasteiger partial charge in [-0.2, -0.15) is 0 Å². The zero-order valence-corrected chi connectivity index (χ0v) is 31.4. The molecule has 0 saturated carbocycles. The summed E-state index contributed by atoms with van der Waals surface area (Å²) in [4.78, 5) is 2.47. The van der Waals surface area contributed by atoms with Crippen molar-refractivity contribution in [1.29, 1.82) is 0 Å². The molecule has 6 atom stereocenters. The van der Waals surface area contributed by atoms with Crippen molar-refractivity contribution in [2.24, 2.45) is 0 Å². The van der Waals surface area contributed by atoms with E-state index in [1.807, 2.05) is 35.3 Å². The van der Waals surface area contributed by atoms with Crippen molar-refractivity contribution in [3.63, 3.8) is 0 Å². The Morgan fingerprint density at radius 2 is 0.691 bits per heavy atom. The summed E-state index contributed by atoms with van der Waals surface area (Å²) in [7, 11) is 0. The van der Waals surface area contributed by atoms with Gasteiger partial charge < -0.3 is 18.2 Å². The van der Waals surface area contributed by atoms with Crippen LogP contribution in [0, 0.1) is 0 Å². The molecule has 9 heterocycles. The Balaban J connectivity index is 1.07. The van der Waals surface area contributed by atoms with Gasteiger partial charge in [-0.15, -0.1) is 35.3 Å². The van der Waals surface area contributed by atoms with Crippen LogP contribution in [-0.4, -0.2) is 0 Å². The second-order valence-corrected chi connectivity index (χ2v) is 19.4. The van der Waals surface area contributed by atoms with E-state index < -0.39 is 0 Å². The SMILES string of the molecule is C1=CC2SC1c1ccc3c(oc4cccc(N(c5cccc6oc7c8c(ccc7c56)C5C=CC8S5)c5cccc6oc7c8c(ccc7c56)C5C=CC8S5)c43)c12. The molecule has 0 fully saturated rings. The summed E-state index contributed by atoms with van der Waals surface area (Å²) in [5.41, 5.74) is 17.1. The second-order valence-electron chi connectivity index (χ2n) is 15.5. The molecule has 0 saturated heterocycles. The van der Waals surface area contributed by atoms with Crippen LogP contribution in [0.3, 0.4) is 0 Å². The number of rotatable bonds is 3. The van der Waals surface area contributed by atoms with E-state index in [0.717, 1.165) is 82.9 Å². The van der Waals surface area contributed by atoms with Crippen molar-refractivity contribution in [3.8, 4) is 0 Å². The van der Waals surface area contributed by atoms with E-state index in [4.69, 9.17) is 13.3 Å². The smallest absolute Gasteiger partial charge is 0.140 e. The molecule has 0 radical (unpaired) electrons. The number of benzene rings is 6. The first kappa shape index (κ1) is 29.1. The summed E-state index contributed by atoms with van der Waals surface area (Å²) in [6, 6.07) is 33.6. The fourth-order valence-electron chi connectivity index (χ4n) is 10.7. The number of hydrogen-bond donors (Lipinski definition) is 0. The van der Waals surface area contributed by atoms with Crippen molar-refractivity contribution in [3.05, 3.63) is 161 Å². The van der Waals surface area contributed by atoms with E-state index in [9.17, 15) is 0 Å². The lowest BCUT2D eigenvalue weighted by Crippen LogP contribution is -2.11. The lowest BCUT2D eigenvalue weighted by Gasteiger charge is -2.27. The fraction of sp³-hybridized carbons (Fsp3) is 0.125. The maximum absolute atomic E-state index is 6.92. The highest BCUT2D eigenvalue weighted by molar-refractivity contribution is 8.01. The molecule has 0 spiro atoms.